The second-order valence-electron chi connectivity index (χ2n) is 6.48. The summed E-state index contributed by atoms with van der Waals surface area (Å²) in [7, 11) is 1.90. The van der Waals surface area contributed by atoms with Crippen LogP contribution in [0.4, 0.5) is 0 Å². The zero-order valence-electron chi connectivity index (χ0n) is 15.7. The van der Waals surface area contributed by atoms with E-state index in [1.165, 1.54) is 0 Å². The standard InChI is InChI=1S/C17H24N6O3/c1-5-22-8-9-23(17(25)16(22)24)7-6-14-18-15(26-20-14)10-13-11(2)19-21(4)12(13)3/h5-10H2,1-4H3. The van der Waals surface area contributed by atoms with E-state index >= 15 is 0 Å². The Hall–Kier alpha value is -2.71. The predicted molar refractivity (Wildman–Crippen MR) is 92.3 cm³/mol. The SMILES string of the molecule is CCN1CCN(CCc2noc(Cc3c(C)nn(C)c3C)n2)C(=O)C1=O. The Morgan fingerprint density at radius 2 is 1.81 bits per heavy atom. The number of hydrogen-bond acceptors (Lipinski definition) is 6. The highest BCUT2D eigenvalue weighted by atomic mass is 16.5. The fraction of sp³-hybridized carbons (Fsp3) is 0.588. The van der Waals surface area contributed by atoms with Crippen LogP contribution in [-0.2, 0) is 29.5 Å². The number of amides is 2. The molecule has 2 aromatic rings. The number of hydrogen-bond donors (Lipinski definition) is 0. The normalized spacial score (nSPS) is 15.2. The molecule has 140 valence electrons. The predicted octanol–water partition coefficient (Wildman–Crippen LogP) is 0.244. The summed E-state index contributed by atoms with van der Waals surface area (Å²) < 4.78 is 7.17. The first-order chi connectivity index (χ1) is 12.4. The lowest BCUT2D eigenvalue weighted by Gasteiger charge is -2.32. The van der Waals surface area contributed by atoms with E-state index in [0.29, 0.717) is 50.7 Å². The number of rotatable bonds is 6. The van der Waals surface area contributed by atoms with Crippen LogP contribution in [0, 0.1) is 13.8 Å². The third-order valence-electron chi connectivity index (χ3n) is 4.88. The maximum absolute atomic E-state index is 12.1. The quantitative estimate of drug-likeness (QED) is 0.685. The molecule has 3 heterocycles. The van der Waals surface area contributed by atoms with Crippen LogP contribution in [0.1, 0.15) is 35.6 Å². The number of nitrogens with zero attached hydrogens (tertiary/aromatic N) is 6. The highest BCUT2D eigenvalue weighted by Gasteiger charge is 2.31. The maximum atomic E-state index is 12.1. The topological polar surface area (TPSA) is 97.4 Å². The van der Waals surface area contributed by atoms with Gasteiger partial charge in [0.05, 0.1) is 12.1 Å². The lowest BCUT2D eigenvalue weighted by atomic mass is 10.1. The second kappa shape index (κ2) is 7.27. The van der Waals surface area contributed by atoms with Gasteiger partial charge in [0.2, 0.25) is 5.89 Å². The largest absolute Gasteiger partial charge is 0.339 e. The summed E-state index contributed by atoms with van der Waals surface area (Å²) in [4.78, 5) is 31.6. The molecule has 1 saturated heterocycles. The van der Waals surface area contributed by atoms with Crippen LogP contribution in [0.25, 0.3) is 0 Å². The van der Waals surface area contributed by atoms with E-state index in [4.69, 9.17) is 4.52 Å². The monoisotopic (exact) mass is 360 g/mol. The van der Waals surface area contributed by atoms with Crippen LogP contribution in [-0.4, -0.2) is 67.7 Å². The Labute approximate surface area is 151 Å². The van der Waals surface area contributed by atoms with Gasteiger partial charge in [-0.2, -0.15) is 10.1 Å². The van der Waals surface area contributed by atoms with Crippen LogP contribution in [0.3, 0.4) is 0 Å². The average molecular weight is 360 g/mol. The molecule has 0 N–H and O–H groups in total. The van der Waals surface area contributed by atoms with Gasteiger partial charge in [-0.1, -0.05) is 5.16 Å². The fourth-order valence-electron chi connectivity index (χ4n) is 3.15. The van der Waals surface area contributed by atoms with Crippen molar-refractivity contribution < 1.29 is 14.1 Å². The van der Waals surface area contributed by atoms with Gasteiger partial charge in [0.1, 0.15) is 0 Å². The molecule has 0 bridgehead atoms. The molecule has 0 saturated carbocycles. The molecule has 1 fully saturated rings. The maximum Gasteiger partial charge on any atom is 0.312 e. The highest BCUT2D eigenvalue weighted by Crippen LogP contribution is 2.16. The fourth-order valence-corrected chi connectivity index (χ4v) is 3.15. The lowest BCUT2D eigenvalue weighted by molar-refractivity contribution is -0.155. The van der Waals surface area contributed by atoms with E-state index in [9.17, 15) is 9.59 Å². The zero-order valence-corrected chi connectivity index (χ0v) is 15.7. The Morgan fingerprint density at radius 3 is 2.46 bits per heavy atom. The van der Waals surface area contributed by atoms with E-state index in [-0.39, 0.29) is 0 Å². The van der Waals surface area contributed by atoms with Gasteiger partial charge in [-0.05, 0) is 20.8 Å². The van der Waals surface area contributed by atoms with Crippen molar-refractivity contribution in [2.45, 2.75) is 33.6 Å². The van der Waals surface area contributed by atoms with Crippen LogP contribution >= 0.6 is 0 Å². The summed E-state index contributed by atoms with van der Waals surface area (Å²) in [5.74, 6) is 0.174. The van der Waals surface area contributed by atoms with Gasteiger partial charge in [0.15, 0.2) is 5.82 Å². The number of aryl methyl sites for hydroxylation is 2. The van der Waals surface area contributed by atoms with Crippen molar-refractivity contribution in [3.05, 3.63) is 28.7 Å². The summed E-state index contributed by atoms with van der Waals surface area (Å²) in [6, 6.07) is 0. The molecule has 9 heteroatoms. The van der Waals surface area contributed by atoms with Gasteiger partial charge >= 0.3 is 11.8 Å². The lowest BCUT2D eigenvalue weighted by Crippen LogP contribution is -2.54. The van der Waals surface area contributed by atoms with Crippen molar-refractivity contribution in [2.75, 3.05) is 26.2 Å². The van der Waals surface area contributed by atoms with Crippen LogP contribution in [0.15, 0.2) is 4.52 Å². The summed E-state index contributed by atoms with van der Waals surface area (Å²) in [5.41, 5.74) is 3.10. The first kappa shape index (κ1) is 18.1. The summed E-state index contributed by atoms with van der Waals surface area (Å²) in [6.45, 7) is 7.90. The van der Waals surface area contributed by atoms with E-state index in [2.05, 4.69) is 15.2 Å². The molecule has 0 aliphatic carbocycles. The molecule has 0 radical (unpaired) electrons. The van der Waals surface area contributed by atoms with Crippen molar-refractivity contribution in [1.29, 1.82) is 0 Å². The van der Waals surface area contributed by atoms with E-state index in [1.807, 2.05) is 32.5 Å². The zero-order chi connectivity index (χ0) is 18.8. The molecule has 3 rings (SSSR count). The van der Waals surface area contributed by atoms with Crippen molar-refractivity contribution >= 4 is 11.8 Å². The van der Waals surface area contributed by atoms with Gasteiger partial charge in [0.25, 0.3) is 0 Å². The molecule has 9 nitrogen and oxygen atoms in total. The number of carbonyl (C=O) groups excluding carboxylic acids is 2. The molecule has 2 aromatic heterocycles. The number of carbonyl (C=O) groups is 2. The Bertz CT molecular complexity index is 825. The number of aromatic nitrogens is 4. The minimum absolute atomic E-state index is 0.409. The van der Waals surface area contributed by atoms with Gasteiger partial charge in [0, 0.05) is 50.9 Å². The molecular formula is C17H24N6O3. The summed E-state index contributed by atoms with van der Waals surface area (Å²) in [5, 5.41) is 8.38. The van der Waals surface area contributed by atoms with Gasteiger partial charge in [-0.15, -0.1) is 0 Å². The van der Waals surface area contributed by atoms with Gasteiger partial charge < -0.3 is 14.3 Å². The highest BCUT2D eigenvalue weighted by molar-refractivity contribution is 6.35. The molecule has 1 aliphatic heterocycles. The Kier molecular flexibility index (Phi) is 5.06. The number of likely N-dealkylation sites (N-methyl/N-ethyl adjacent to an activating group) is 1. The second-order valence-corrected chi connectivity index (χ2v) is 6.48. The molecule has 1 aliphatic rings. The van der Waals surface area contributed by atoms with E-state index in [0.717, 1.165) is 17.0 Å². The molecule has 26 heavy (non-hydrogen) atoms. The molecule has 0 unspecified atom stereocenters. The van der Waals surface area contributed by atoms with Crippen LogP contribution in [0.5, 0.6) is 0 Å². The van der Waals surface area contributed by atoms with Crippen molar-refractivity contribution in [1.82, 2.24) is 29.7 Å². The Balaban J connectivity index is 1.59. The average Bonchev–Trinajstić information content (AvgIpc) is 3.16. The summed E-state index contributed by atoms with van der Waals surface area (Å²) >= 11 is 0. The Morgan fingerprint density at radius 1 is 1.12 bits per heavy atom. The van der Waals surface area contributed by atoms with E-state index < -0.39 is 11.8 Å². The summed E-state index contributed by atoms with van der Waals surface area (Å²) in [6.07, 6.45) is 0.991. The van der Waals surface area contributed by atoms with Crippen molar-refractivity contribution in [3.8, 4) is 0 Å². The minimum atomic E-state index is -0.455. The van der Waals surface area contributed by atoms with Crippen LogP contribution < -0.4 is 0 Å². The molecular weight excluding hydrogens is 336 g/mol. The minimum Gasteiger partial charge on any atom is -0.339 e. The van der Waals surface area contributed by atoms with Gasteiger partial charge in [-0.25, -0.2) is 0 Å². The van der Waals surface area contributed by atoms with E-state index in [1.54, 1.807) is 9.80 Å². The number of piperazine rings is 1. The smallest absolute Gasteiger partial charge is 0.312 e. The first-order valence-electron chi connectivity index (χ1n) is 8.79. The van der Waals surface area contributed by atoms with Crippen molar-refractivity contribution in [3.63, 3.8) is 0 Å². The molecule has 0 spiro atoms. The molecule has 0 atom stereocenters. The van der Waals surface area contributed by atoms with Gasteiger partial charge in [-0.3, -0.25) is 14.3 Å². The molecule has 2 amide bonds. The van der Waals surface area contributed by atoms with Crippen molar-refractivity contribution in [2.24, 2.45) is 7.05 Å². The first-order valence-corrected chi connectivity index (χ1v) is 8.79. The third-order valence-corrected chi connectivity index (χ3v) is 4.88. The van der Waals surface area contributed by atoms with Crippen LogP contribution in [0.2, 0.25) is 0 Å². The molecule has 0 aromatic carbocycles. The third kappa shape index (κ3) is 3.47.